The molecule has 0 amide bonds. The predicted molar refractivity (Wildman–Crippen MR) is 54.9 cm³/mol. The Morgan fingerprint density at radius 3 is 3.14 bits per heavy atom. The molecule has 4 nitrogen and oxygen atoms in total. The maximum Gasteiger partial charge on any atom is 0.208 e. The van der Waals surface area contributed by atoms with Crippen LogP contribution in [-0.2, 0) is 12.8 Å². The molecule has 0 radical (unpaired) electrons. The zero-order chi connectivity index (χ0) is 9.54. The fourth-order valence-electron chi connectivity index (χ4n) is 1.98. The number of nitrogens with zero attached hydrogens (tertiary/aromatic N) is 3. The topological polar surface area (TPSA) is 55.2 Å². The van der Waals surface area contributed by atoms with Gasteiger partial charge in [0, 0.05) is 4.88 Å². The molecule has 0 bridgehead atoms. The zero-order valence-corrected chi connectivity index (χ0v) is 8.17. The van der Waals surface area contributed by atoms with Crippen LogP contribution in [0.2, 0.25) is 0 Å². The summed E-state index contributed by atoms with van der Waals surface area (Å²) in [5.74, 6) is 0.300. The number of rotatable bonds is 1. The molecule has 0 aromatic carbocycles. The Morgan fingerprint density at radius 1 is 1.36 bits per heavy atom. The summed E-state index contributed by atoms with van der Waals surface area (Å²) >= 11 is 1.67. The number of thiophene rings is 1. The summed E-state index contributed by atoms with van der Waals surface area (Å²) in [4.78, 5) is 20.9. The summed E-state index contributed by atoms with van der Waals surface area (Å²) in [6.07, 6.45) is 4.72. The Morgan fingerprint density at radius 2 is 2.29 bits per heavy atom. The molecule has 2 aromatic rings. The van der Waals surface area contributed by atoms with Gasteiger partial charge in [0.25, 0.3) is 0 Å². The van der Waals surface area contributed by atoms with E-state index in [-0.39, 0.29) is 0 Å². The van der Waals surface area contributed by atoms with Crippen LogP contribution in [0.3, 0.4) is 0 Å². The number of aromatic nitrogens is 2. The molecule has 2 heterocycles. The standard InChI is InChI=1S/C9H7N3OS/c13-12-8-7-5-2-1-3-6(5)14-9(7)11-4-10-8/h4H,1-3H2. The van der Waals surface area contributed by atoms with Gasteiger partial charge in [-0.3, -0.25) is 0 Å². The van der Waals surface area contributed by atoms with Crippen LogP contribution in [0.1, 0.15) is 16.9 Å². The second kappa shape index (κ2) is 2.81. The Bertz CT molecular complexity index is 520. The Hall–Kier alpha value is -1.36. The van der Waals surface area contributed by atoms with Crippen molar-refractivity contribution >= 4 is 27.4 Å². The quantitative estimate of drug-likeness (QED) is 0.672. The van der Waals surface area contributed by atoms with E-state index < -0.39 is 0 Å². The van der Waals surface area contributed by atoms with Gasteiger partial charge in [-0.2, -0.15) is 0 Å². The molecule has 0 unspecified atom stereocenters. The zero-order valence-electron chi connectivity index (χ0n) is 7.36. The Labute approximate surface area is 84.0 Å². The monoisotopic (exact) mass is 205 g/mol. The summed E-state index contributed by atoms with van der Waals surface area (Å²) in [5, 5.41) is 3.84. The lowest BCUT2D eigenvalue weighted by Gasteiger charge is -1.93. The van der Waals surface area contributed by atoms with Gasteiger partial charge >= 0.3 is 0 Å². The fourth-order valence-corrected chi connectivity index (χ4v) is 3.20. The third-order valence-corrected chi connectivity index (χ3v) is 3.77. The first-order valence-corrected chi connectivity index (χ1v) is 5.30. The molecule has 1 aliphatic carbocycles. The molecule has 5 heteroatoms. The van der Waals surface area contributed by atoms with Crippen LogP contribution in [0, 0.1) is 4.91 Å². The number of aryl methyl sites for hydroxylation is 2. The summed E-state index contributed by atoms with van der Waals surface area (Å²) < 4.78 is 0. The van der Waals surface area contributed by atoms with E-state index in [0.717, 1.165) is 23.1 Å². The summed E-state index contributed by atoms with van der Waals surface area (Å²) in [7, 11) is 0. The van der Waals surface area contributed by atoms with E-state index in [2.05, 4.69) is 15.1 Å². The molecule has 14 heavy (non-hydrogen) atoms. The van der Waals surface area contributed by atoms with E-state index in [0.29, 0.717) is 5.82 Å². The van der Waals surface area contributed by atoms with E-state index in [1.807, 2.05) is 0 Å². The molecule has 0 fully saturated rings. The Kier molecular flexibility index (Phi) is 1.61. The van der Waals surface area contributed by atoms with Crippen molar-refractivity contribution < 1.29 is 0 Å². The average molecular weight is 205 g/mol. The SMILES string of the molecule is O=Nc1ncnc2sc3c(c12)CCC3. The van der Waals surface area contributed by atoms with E-state index in [4.69, 9.17) is 0 Å². The van der Waals surface area contributed by atoms with Crippen molar-refractivity contribution in [3.05, 3.63) is 21.7 Å². The highest BCUT2D eigenvalue weighted by molar-refractivity contribution is 7.19. The maximum absolute atomic E-state index is 10.6. The van der Waals surface area contributed by atoms with E-state index in [1.165, 1.54) is 23.2 Å². The van der Waals surface area contributed by atoms with Crippen molar-refractivity contribution in [1.82, 2.24) is 9.97 Å². The van der Waals surface area contributed by atoms with E-state index in [1.54, 1.807) is 11.3 Å². The van der Waals surface area contributed by atoms with Crippen LogP contribution in [0.5, 0.6) is 0 Å². The van der Waals surface area contributed by atoms with Gasteiger partial charge in [-0.15, -0.1) is 16.2 Å². The lowest BCUT2D eigenvalue weighted by atomic mass is 10.2. The smallest absolute Gasteiger partial charge is 0.208 e. The van der Waals surface area contributed by atoms with Crippen LogP contribution >= 0.6 is 11.3 Å². The minimum Gasteiger partial charge on any atom is -0.225 e. The first-order chi connectivity index (χ1) is 6.90. The summed E-state index contributed by atoms with van der Waals surface area (Å²) in [6, 6.07) is 0. The normalized spacial score (nSPS) is 14.6. The molecule has 0 saturated heterocycles. The Balaban J connectivity index is 2.44. The molecule has 70 valence electrons. The minimum absolute atomic E-state index is 0.300. The van der Waals surface area contributed by atoms with E-state index in [9.17, 15) is 4.91 Å². The van der Waals surface area contributed by atoms with Crippen molar-refractivity contribution in [2.45, 2.75) is 19.3 Å². The number of nitroso groups, excluding NO2 is 1. The van der Waals surface area contributed by atoms with Gasteiger partial charge < -0.3 is 0 Å². The molecule has 0 aliphatic heterocycles. The summed E-state index contributed by atoms with van der Waals surface area (Å²) in [6.45, 7) is 0. The predicted octanol–water partition coefficient (Wildman–Crippen LogP) is 2.58. The minimum atomic E-state index is 0.300. The first kappa shape index (κ1) is 7.99. The van der Waals surface area contributed by atoms with Crippen molar-refractivity contribution in [3.8, 4) is 0 Å². The highest BCUT2D eigenvalue weighted by Crippen LogP contribution is 2.39. The number of hydrogen-bond acceptors (Lipinski definition) is 5. The molecule has 0 spiro atoms. The number of hydrogen-bond donors (Lipinski definition) is 0. The molecule has 0 saturated carbocycles. The third kappa shape index (κ3) is 0.928. The summed E-state index contributed by atoms with van der Waals surface area (Å²) in [5.41, 5.74) is 1.25. The molecule has 3 rings (SSSR count). The van der Waals surface area contributed by atoms with Crippen LogP contribution in [0.15, 0.2) is 11.5 Å². The van der Waals surface area contributed by atoms with Gasteiger partial charge in [-0.25, -0.2) is 9.97 Å². The van der Waals surface area contributed by atoms with Gasteiger partial charge in [0.1, 0.15) is 11.2 Å². The largest absolute Gasteiger partial charge is 0.225 e. The van der Waals surface area contributed by atoms with Gasteiger partial charge in [0.2, 0.25) is 5.82 Å². The van der Waals surface area contributed by atoms with Crippen LogP contribution in [0.4, 0.5) is 5.82 Å². The second-order valence-corrected chi connectivity index (χ2v) is 4.41. The van der Waals surface area contributed by atoms with Gasteiger partial charge in [0.15, 0.2) is 0 Å². The number of fused-ring (bicyclic) bond motifs is 3. The molecule has 0 atom stereocenters. The molecular weight excluding hydrogens is 198 g/mol. The molecule has 2 aromatic heterocycles. The lowest BCUT2D eigenvalue weighted by Crippen LogP contribution is -1.81. The highest BCUT2D eigenvalue weighted by Gasteiger charge is 2.21. The van der Waals surface area contributed by atoms with Gasteiger partial charge in [-0.1, -0.05) is 0 Å². The third-order valence-electron chi connectivity index (χ3n) is 2.57. The lowest BCUT2D eigenvalue weighted by molar-refractivity contribution is 0.917. The first-order valence-electron chi connectivity index (χ1n) is 4.49. The van der Waals surface area contributed by atoms with Gasteiger partial charge in [0.05, 0.1) is 5.39 Å². The van der Waals surface area contributed by atoms with Crippen LogP contribution in [0.25, 0.3) is 10.2 Å². The van der Waals surface area contributed by atoms with Gasteiger partial charge in [-0.05, 0) is 30.0 Å². The second-order valence-electron chi connectivity index (χ2n) is 3.33. The van der Waals surface area contributed by atoms with Crippen molar-refractivity contribution in [2.24, 2.45) is 5.18 Å². The highest BCUT2D eigenvalue weighted by atomic mass is 32.1. The van der Waals surface area contributed by atoms with Crippen LogP contribution < -0.4 is 0 Å². The van der Waals surface area contributed by atoms with Crippen molar-refractivity contribution in [3.63, 3.8) is 0 Å². The molecule has 1 aliphatic rings. The van der Waals surface area contributed by atoms with E-state index >= 15 is 0 Å². The fraction of sp³-hybridized carbons (Fsp3) is 0.333. The van der Waals surface area contributed by atoms with Crippen LogP contribution in [-0.4, -0.2) is 9.97 Å². The maximum atomic E-state index is 10.6. The molecule has 0 N–H and O–H groups in total. The van der Waals surface area contributed by atoms with Crippen molar-refractivity contribution in [1.29, 1.82) is 0 Å². The molecular formula is C9H7N3OS. The average Bonchev–Trinajstić information content (AvgIpc) is 2.75. The van der Waals surface area contributed by atoms with Crippen molar-refractivity contribution in [2.75, 3.05) is 0 Å².